The summed E-state index contributed by atoms with van der Waals surface area (Å²) in [6.07, 6.45) is 0. The minimum Gasteiger partial charge on any atom is -0.309 e. The Morgan fingerprint density at radius 3 is 0.569 bits per heavy atom. The summed E-state index contributed by atoms with van der Waals surface area (Å²) in [5, 5.41) is -2.66. The molecular formula is C138H92N6. The summed E-state index contributed by atoms with van der Waals surface area (Å²) in [6.45, 7) is 0. The lowest BCUT2D eigenvalue weighted by atomic mass is 9.93. The van der Waals surface area contributed by atoms with Gasteiger partial charge < -0.3 is 27.4 Å². The molecule has 0 aliphatic heterocycles. The van der Waals surface area contributed by atoms with Crippen molar-refractivity contribution in [3.8, 4) is 123 Å². The molecule has 0 aliphatic carbocycles. The van der Waals surface area contributed by atoms with Gasteiger partial charge in [-0.05, 0) is 258 Å². The van der Waals surface area contributed by atoms with E-state index in [-0.39, 0.29) is 131 Å². The van der Waals surface area contributed by atoms with E-state index in [1.54, 1.807) is 36.4 Å². The van der Waals surface area contributed by atoms with Gasteiger partial charge in [-0.1, -0.05) is 388 Å². The van der Waals surface area contributed by atoms with Gasteiger partial charge >= 0.3 is 0 Å². The molecule has 0 N–H and O–H groups in total. The van der Waals surface area contributed by atoms with Gasteiger partial charge in [0.2, 0.25) is 0 Å². The van der Waals surface area contributed by atoms with E-state index in [0.717, 1.165) is 97.2 Å². The number of benzene rings is 23. The lowest BCUT2D eigenvalue weighted by Crippen LogP contribution is -1.97. The highest BCUT2D eigenvalue weighted by Gasteiger charge is 2.24. The molecular weight excluding hydrogens is 1740 g/mol. The van der Waals surface area contributed by atoms with E-state index < -0.39 is 289 Å². The molecule has 0 amide bonds. The first-order valence-corrected chi connectivity index (χ1v) is 45.8. The molecule has 0 radical (unpaired) electrons. The average molecular weight is 1880 g/mol. The second-order valence-electron chi connectivity index (χ2n) is 34.0. The first-order valence-electron chi connectivity index (χ1n) is 68.3. The van der Waals surface area contributed by atoms with Gasteiger partial charge in [0.15, 0.2) is 0 Å². The Morgan fingerprint density at radius 2 is 0.292 bits per heavy atom. The Morgan fingerprint density at radius 1 is 0.111 bits per heavy atom. The standard InChI is InChI=1S/2C48H32N2.C42H28N2/c1-3-13-33(14-4-1)36-29-37(34-15-5-2-6-16-34)31-38(30-36)35-23-25-39(26-24-35)49-47-22-12-9-19-43(47)44-32-40(27-28-48(44)49)50-45-20-10-7-17-41(45)42-18-8-11-21-46(42)50;1-3-13-33(14-4-1)35-23-25-36(26-24-35)38-29-37(34-15-5-2-6-16-34)30-40(31-38)50-47-22-12-9-19-43(47)44-32-39(27-28-48(44)50)49-45-20-10-7-17-41(45)42-18-8-11-21-46(42)49;1-2-11-29(12-3-1)30-21-23-31(24-22-30)32-13-10-14-33(27-32)43-41-20-9-6-17-37(41)38-28-34(25-26-42(38)43)44-39-18-7-4-15-35(39)36-16-5-8-19-40(36)44/h2*1-32H;1-28H/i2*7D,8D,9D,10D,11D,12D,17D,18D,19D,20D,21D,22D,27D,28D,32D;4D,5D,6D,7D,8D,9D,15D,16D,17D,18D,19D,20D,25D,26D,28D. The highest BCUT2D eigenvalue weighted by molar-refractivity contribution is 6.17. The number of rotatable bonds is 14. The maximum absolute atomic E-state index is 9.96. The Bertz CT molecular complexity index is 12700. The molecule has 6 heterocycles. The van der Waals surface area contributed by atoms with Crippen LogP contribution < -0.4 is 0 Å². The summed E-state index contributed by atoms with van der Waals surface area (Å²) >= 11 is 0. The van der Waals surface area contributed by atoms with Gasteiger partial charge in [0.25, 0.3) is 0 Å². The number of fused-ring (bicyclic) bond motifs is 18. The van der Waals surface area contributed by atoms with Gasteiger partial charge in [-0.15, -0.1) is 0 Å². The van der Waals surface area contributed by atoms with Gasteiger partial charge in [-0.3, -0.25) is 0 Å². The monoisotopic (exact) mass is 1880 g/mol. The third-order valence-corrected chi connectivity index (χ3v) is 25.8. The number of nitrogens with zero attached hydrogens (tertiary/aromatic N) is 6. The molecule has 0 atom stereocenters. The summed E-state index contributed by atoms with van der Waals surface area (Å²) in [5.74, 6) is 0. The Labute approximate surface area is 896 Å². The van der Waals surface area contributed by atoms with Crippen molar-refractivity contribution in [3.05, 3.63) is 557 Å². The molecule has 6 heteroatoms. The summed E-state index contributed by atoms with van der Waals surface area (Å²) < 4.78 is 411. The van der Waals surface area contributed by atoms with Crippen molar-refractivity contribution in [1.29, 1.82) is 0 Å². The number of aromatic nitrogens is 6. The van der Waals surface area contributed by atoms with Gasteiger partial charge in [0.1, 0.15) is 0 Å². The minimum absolute atomic E-state index is 0.0767. The van der Waals surface area contributed by atoms with Crippen LogP contribution in [0, 0.1) is 0 Å². The molecule has 0 unspecified atom stereocenters. The van der Waals surface area contributed by atoms with Crippen molar-refractivity contribution < 1.29 is 61.7 Å². The zero-order valence-electron chi connectivity index (χ0n) is 120. The predicted molar refractivity (Wildman–Crippen MR) is 609 cm³/mol. The summed E-state index contributed by atoms with van der Waals surface area (Å²) in [4.78, 5) is 0. The summed E-state index contributed by atoms with van der Waals surface area (Å²) in [6, 6.07) is 63.1. The Balaban J connectivity index is 0.000000131. The molecule has 6 aromatic heterocycles. The van der Waals surface area contributed by atoms with Crippen LogP contribution in [0.3, 0.4) is 0 Å². The molecule has 29 rings (SSSR count). The number of para-hydroxylation sites is 9. The van der Waals surface area contributed by atoms with Crippen LogP contribution in [-0.2, 0) is 0 Å². The van der Waals surface area contributed by atoms with Gasteiger partial charge in [-0.25, -0.2) is 0 Å². The highest BCUT2D eigenvalue weighted by Crippen LogP contribution is 2.46. The topological polar surface area (TPSA) is 29.6 Å². The van der Waals surface area contributed by atoms with Gasteiger partial charge in [0.05, 0.1) is 128 Å². The molecule has 0 saturated heterocycles. The van der Waals surface area contributed by atoms with Crippen molar-refractivity contribution in [2.75, 3.05) is 0 Å². The van der Waals surface area contributed by atoms with Crippen LogP contribution in [0.1, 0.15) is 61.7 Å². The fourth-order valence-electron chi connectivity index (χ4n) is 19.2. The highest BCUT2D eigenvalue weighted by atomic mass is 15.0. The average Bonchev–Trinajstić information content (AvgIpc) is 1.52. The maximum Gasteiger partial charge on any atom is 0.0652 e. The lowest BCUT2D eigenvalue weighted by Gasteiger charge is -2.15. The molecule has 144 heavy (non-hydrogen) atoms. The summed E-state index contributed by atoms with van der Waals surface area (Å²) in [5.41, 5.74) is 11.3. The van der Waals surface area contributed by atoms with Gasteiger partial charge in [-0.2, -0.15) is 0 Å². The lowest BCUT2D eigenvalue weighted by molar-refractivity contribution is 1.17. The van der Waals surface area contributed by atoms with Crippen molar-refractivity contribution in [2.45, 2.75) is 0 Å². The molecule has 0 bridgehead atoms. The van der Waals surface area contributed by atoms with Crippen LogP contribution in [0.15, 0.2) is 557 Å². The maximum atomic E-state index is 9.96. The fraction of sp³-hybridized carbons (Fsp3) is 0. The van der Waals surface area contributed by atoms with Crippen LogP contribution in [0.2, 0.25) is 0 Å². The Kier molecular flexibility index (Phi) is 12.4. The van der Waals surface area contributed by atoms with Crippen LogP contribution in [0.5, 0.6) is 0 Å². The second-order valence-corrected chi connectivity index (χ2v) is 34.0. The number of hydrogen-bond donors (Lipinski definition) is 0. The molecule has 0 spiro atoms. The molecule has 23 aromatic carbocycles. The van der Waals surface area contributed by atoms with Gasteiger partial charge in [0, 0.05) is 98.8 Å². The molecule has 29 aromatic rings. The smallest absolute Gasteiger partial charge is 0.0652 e. The largest absolute Gasteiger partial charge is 0.309 e. The van der Waals surface area contributed by atoms with Crippen LogP contribution in [0.25, 0.3) is 254 Å². The van der Waals surface area contributed by atoms with Crippen molar-refractivity contribution in [3.63, 3.8) is 0 Å². The zero-order chi connectivity index (χ0) is 134. The van der Waals surface area contributed by atoms with E-state index in [1.807, 2.05) is 231 Å². The molecule has 0 aliphatic rings. The quantitative estimate of drug-likeness (QED) is 0.104. The Hall–Kier alpha value is -19.1. The third kappa shape index (κ3) is 14.8. The zero-order valence-corrected chi connectivity index (χ0v) is 75.3. The third-order valence-electron chi connectivity index (χ3n) is 25.8. The fourth-order valence-corrected chi connectivity index (χ4v) is 19.2. The minimum atomic E-state index is -0.707. The molecule has 0 saturated carbocycles. The molecule has 674 valence electrons. The number of hydrogen-bond acceptors (Lipinski definition) is 0. The molecule has 6 nitrogen and oxygen atoms in total. The SMILES string of the molecule is [2H]c1c([2H])c([2H])c2c(c1[2H])c1c([2H])c(-n3c4c([2H])c([2H])c([2H])c([2H])c4c4c([2H])c([2H])c([2H])c([2H])c43)c([2H])c([2H])c1n2-c1cc(-c2ccccc2)cc(-c2ccc(-c3ccccc3)cc2)c1.[2H]c1c([2H])c([2H])c2c(c1[2H])c1c([2H])c(-n3c4c([2H])c([2H])c([2H])c([2H])c4c4c([2H])c([2H])c([2H])c([2H])c43)c([2H])c([2H])c1n2-c1ccc(-c2cc(-c3ccccc3)cc(-c3ccccc3)c2)cc1.[2H]c1c([2H])c([2H])c2c(c1[2H])c1c([2H])c(-n3c4c([2H])c([2H])c([2H])c([2H])c4c4c([2H])c([2H])c([2H])c([2H])c43)c([2H])c([2H])c1n2-c1cccc(-c2ccc(-c3ccccc3)cc2)c1. The first-order chi connectivity index (χ1) is 90.2. The second kappa shape index (κ2) is 35.7. The van der Waals surface area contributed by atoms with E-state index in [4.69, 9.17) is 45.2 Å². The normalized spacial score (nSPS) is 16.0. The van der Waals surface area contributed by atoms with Crippen molar-refractivity contribution >= 4 is 131 Å². The van der Waals surface area contributed by atoms with E-state index in [2.05, 4.69) is 18.2 Å². The van der Waals surface area contributed by atoms with Crippen molar-refractivity contribution in [1.82, 2.24) is 27.4 Å². The van der Waals surface area contributed by atoms with E-state index in [1.165, 1.54) is 13.7 Å². The van der Waals surface area contributed by atoms with Crippen LogP contribution in [0.4, 0.5) is 0 Å². The van der Waals surface area contributed by atoms with E-state index >= 15 is 0 Å². The van der Waals surface area contributed by atoms with E-state index in [0.29, 0.717) is 22.6 Å². The molecule has 0 fully saturated rings. The van der Waals surface area contributed by atoms with Crippen LogP contribution >= 0.6 is 0 Å². The first kappa shape index (κ1) is 49.9. The van der Waals surface area contributed by atoms with E-state index in [9.17, 15) is 16.4 Å². The van der Waals surface area contributed by atoms with Crippen LogP contribution in [-0.4, -0.2) is 27.4 Å². The summed E-state index contributed by atoms with van der Waals surface area (Å²) in [7, 11) is 0. The van der Waals surface area contributed by atoms with Crippen molar-refractivity contribution in [2.24, 2.45) is 0 Å². The predicted octanol–water partition coefficient (Wildman–Crippen LogP) is 37.0.